The van der Waals surface area contributed by atoms with Crippen LogP contribution in [0.1, 0.15) is 6.92 Å². The summed E-state index contributed by atoms with van der Waals surface area (Å²) in [6, 6.07) is 0. The number of hydrogen-bond acceptors (Lipinski definition) is 0. The Morgan fingerprint density at radius 3 is 2.75 bits per heavy atom. The van der Waals surface area contributed by atoms with Gasteiger partial charge in [0.25, 0.3) is 0 Å². The lowest BCUT2D eigenvalue weighted by atomic mass is 10.1. The minimum atomic E-state index is 0.429. The van der Waals surface area contributed by atoms with E-state index < -0.39 is 0 Å². The van der Waals surface area contributed by atoms with Crippen LogP contribution in [0.5, 0.6) is 0 Å². The molecule has 8 heavy (non-hydrogen) atoms. The zero-order valence-electron chi connectivity index (χ0n) is 4.73. The molecule has 0 saturated carbocycles. The van der Waals surface area contributed by atoms with Gasteiger partial charge in [-0.05, 0) is 13.2 Å². The van der Waals surface area contributed by atoms with E-state index in [4.69, 9.17) is 7.85 Å². The highest BCUT2D eigenvalue weighted by Gasteiger charge is 1.49. The molecule has 0 nitrogen and oxygen atoms in total. The normalized spacial score (nSPS) is 7.12. The van der Waals surface area contributed by atoms with E-state index in [-0.39, 0.29) is 0 Å². The monoisotopic (exact) mass is 119 g/mol. The molecule has 0 bridgehead atoms. The SMILES string of the molecule is [B]CC#C[P-]C#CC. The Morgan fingerprint density at radius 1 is 1.50 bits per heavy atom. The first-order valence-electron chi connectivity index (χ1n) is 2.21. The summed E-state index contributed by atoms with van der Waals surface area (Å²) >= 11 is 0. The molecule has 0 fully saturated rings. The van der Waals surface area contributed by atoms with E-state index in [0.29, 0.717) is 6.32 Å². The Kier molecular flexibility index (Phi) is 6.30. The molecule has 38 valence electrons. The van der Waals surface area contributed by atoms with Crippen molar-refractivity contribution in [2.75, 3.05) is 0 Å². The standard InChI is InChI=1S/C6H5BP/c1-2-5-8-6-3-4-7/h4H2,1H3/q-1. The fraction of sp³-hybridized carbons (Fsp3) is 0.333. The van der Waals surface area contributed by atoms with Crippen LogP contribution in [0.4, 0.5) is 0 Å². The lowest BCUT2D eigenvalue weighted by Crippen LogP contribution is -1.53. The minimum Gasteiger partial charge on any atom is -0.367 e. The Balaban J connectivity index is 3.24. The van der Waals surface area contributed by atoms with Crippen LogP contribution in [0.2, 0.25) is 6.32 Å². The first-order valence-corrected chi connectivity index (χ1v) is 3.10. The van der Waals surface area contributed by atoms with Gasteiger partial charge in [0.05, 0.1) is 7.85 Å². The highest BCUT2D eigenvalue weighted by atomic mass is 31.1. The Bertz CT molecular complexity index is 153. The molecule has 0 aliphatic rings. The second-order valence-corrected chi connectivity index (χ2v) is 1.64. The highest BCUT2D eigenvalue weighted by Crippen LogP contribution is 2.00. The molecule has 2 radical (unpaired) electrons. The van der Waals surface area contributed by atoms with E-state index in [1.54, 1.807) is 6.92 Å². The third-order valence-electron chi connectivity index (χ3n) is 0.405. The quantitative estimate of drug-likeness (QED) is 0.257. The van der Waals surface area contributed by atoms with Gasteiger partial charge in [-0.1, -0.05) is 0 Å². The smallest absolute Gasteiger partial charge is 0.0826 e. The molecular weight excluding hydrogens is 114 g/mol. The maximum Gasteiger partial charge on any atom is 0.0826 e. The molecule has 0 atom stereocenters. The molecule has 0 aliphatic heterocycles. The average molecular weight is 119 g/mol. The van der Waals surface area contributed by atoms with Crippen molar-refractivity contribution in [3.05, 3.63) is 0 Å². The molecule has 0 unspecified atom stereocenters. The maximum atomic E-state index is 5.08. The Morgan fingerprint density at radius 2 is 2.25 bits per heavy atom. The summed E-state index contributed by atoms with van der Waals surface area (Å²) < 4.78 is 0. The van der Waals surface area contributed by atoms with Crippen LogP contribution in [0.3, 0.4) is 0 Å². The molecule has 0 saturated heterocycles. The van der Waals surface area contributed by atoms with Crippen molar-refractivity contribution < 1.29 is 0 Å². The summed E-state index contributed by atoms with van der Waals surface area (Å²) in [5.74, 6) is 5.42. The van der Waals surface area contributed by atoms with E-state index in [1.165, 1.54) is 0 Å². The van der Waals surface area contributed by atoms with Crippen molar-refractivity contribution in [3.63, 3.8) is 0 Å². The third kappa shape index (κ3) is 5.61. The topological polar surface area (TPSA) is 0 Å². The van der Waals surface area contributed by atoms with Gasteiger partial charge in [0.2, 0.25) is 0 Å². The maximum absolute atomic E-state index is 5.08. The number of rotatable bonds is 0. The molecule has 0 aromatic rings. The van der Waals surface area contributed by atoms with Gasteiger partial charge < -0.3 is 8.58 Å². The van der Waals surface area contributed by atoms with Gasteiger partial charge in [0.1, 0.15) is 0 Å². The Hall–Kier alpha value is -0.385. The molecular formula is C6H5BP-. The third-order valence-corrected chi connectivity index (χ3v) is 1.01. The van der Waals surface area contributed by atoms with Gasteiger partial charge >= 0.3 is 0 Å². The van der Waals surface area contributed by atoms with Crippen molar-refractivity contribution in [2.45, 2.75) is 13.2 Å². The van der Waals surface area contributed by atoms with E-state index in [9.17, 15) is 0 Å². The average Bonchev–Trinajstić information content (AvgIpc) is 1.81. The summed E-state index contributed by atoms with van der Waals surface area (Å²) in [5, 5.41) is 0. The van der Waals surface area contributed by atoms with Crippen LogP contribution in [-0.2, 0) is 0 Å². The van der Waals surface area contributed by atoms with Gasteiger partial charge in [-0.3, -0.25) is 11.3 Å². The van der Waals surface area contributed by atoms with Crippen molar-refractivity contribution in [3.8, 4) is 23.2 Å². The van der Waals surface area contributed by atoms with Crippen LogP contribution in [0.25, 0.3) is 0 Å². The molecule has 0 spiro atoms. The zero-order valence-corrected chi connectivity index (χ0v) is 5.63. The molecule has 0 rings (SSSR count). The van der Waals surface area contributed by atoms with Gasteiger partial charge in [-0.25, -0.2) is 0 Å². The fourth-order valence-corrected chi connectivity index (χ4v) is 0.507. The Labute approximate surface area is 53.6 Å². The van der Waals surface area contributed by atoms with Crippen LogP contribution in [0.15, 0.2) is 0 Å². The van der Waals surface area contributed by atoms with Crippen molar-refractivity contribution in [2.24, 2.45) is 0 Å². The van der Waals surface area contributed by atoms with Crippen molar-refractivity contribution in [1.82, 2.24) is 0 Å². The highest BCUT2D eigenvalue weighted by molar-refractivity contribution is 7.49. The first-order chi connectivity index (χ1) is 3.91. The molecule has 2 heteroatoms. The van der Waals surface area contributed by atoms with Gasteiger partial charge in [0, 0.05) is 0 Å². The molecule has 0 aromatic carbocycles. The van der Waals surface area contributed by atoms with Crippen molar-refractivity contribution in [1.29, 1.82) is 0 Å². The summed E-state index contributed by atoms with van der Waals surface area (Å²) in [7, 11) is 5.94. The van der Waals surface area contributed by atoms with Crippen LogP contribution in [0, 0.1) is 23.2 Å². The largest absolute Gasteiger partial charge is 0.367 e. The summed E-state index contributed by atoms with van der Waals surface area (Å²) in [6.45, 7) is 1.79. The van der Waals surface area contributed by atoms with E-state index in [1.807, 2.05) is 0 Å². The minimum absolute atomic E-state index is 0.429. The second-order valence-electron chi connectivity index (χ2n) is 0.966. The van der Waals surface area contributed by atoms with Gasteiger partial charge in [-0.2, -0.15) is 0 Å². The van der Waals surface area contributed by atoms with E-state index in [0.717, 1.165) is 8.58 Å². The molecule has 0 aromatic heterocycles. The molecule has 0 heterocycles. The lowest BCUT2D eigenvalue weighted by molar-refractivity contribution is 1.88. The fourth-order valence-electron chi connectivity index (χ4n) is 0.169. The van der Waals surface area contributed by atoms with Crippen LogP contribution in [-0.4, -0.2) is 7.85 Å². The van der Waals surface area contributed by atoms with Crippen molar-refractivity contribution >= 4 is 16.4 Å². The van der Waals surface area contributed by atoms with Crippen LogP contribution < -0.4 is 0 Å². The predicted octanol–water partition coefficient (Wildman–Crippen LogP) is 1.46. The first kappa shape index (κ1) is 7.61. The van der Waals surface area contributed by atoms with Gasteiger partial charge in [-0.15, -0.1) is 11.8 Å². The summed E-state index contributed by atoms with van der Waals surface area (Å²) in [6.07, 6.45) is 0.429. The van der Waals surface area contributed by atoms with Crippen LogP contribution >= 0.6 is 8.58 Å². The van der Waals surface area contributed by atoms with E-state index >= 15 is 0 Å². The molecule has 0 aliphatic carbocycles. The van der Waals surface area contributed by atoms with Gasteiger partial charge in [0.15, 0.2) is 0 Å². The molecule has 0 amide bonds. The second kappa shape index (κ2) is 6.61. The summed E-state index contributed by atoms with van der Waals surface area (Å²) in [5.41, 5.74) is 5.54. The lowest BCUT2D eigenvalue weighted by Gasteiger charge is -1.89. The zero-order chi connectivity index (χ0) is 6.24. The predicted molar refractivity (Wildman–Crippen MR) is 38.7 cm³/mol. The number of hydrogen-bond donors (Lipinski definition) is 0. The molecule has 0 N–H and O–H groups in total. The summed E-state index contributed by atoms with van der Waals surface area (Å²) in [4.78, 5) is 0. The van der Waals surface area contributed by atoms with E-state index in [2.05, 4.69) is 23.2 Å².